The average Bonchev–Trinajstić information content (AvgIpc) is 2.81. The second kappa shape index (κ2) is 3.46. The maximum Gasteiger partial charge on any atom is 0.233 e. The molecule has 1 aromatic heterocycles. The van der Waals surface area contributed by atoms with Crippen LogP contribution < -0.4 is 5.73 Å². The molecule has 0 radical (unpaired) electrons. The van der Waals surface area contributed by atoms with Crippen LogP contribution >= 0.6 is 0 Å². The molecular formula is C9H15N3O. The third-order valence-electron chi connectivity index (χ3n) is 2.40. The Labute approximate surface area is 77.5 Å². The summed E-state index contributed by atoms with van der Waals surface area (Å²) in [4.78, 5) is 0. The molecule has 0 spiro atoms. The van der Waals surface area contributed by atoms with E-state index in [1.54, 1.807) is 0 Å². The zero-order chi connectivity index (χ0) is 9.26. The van der Waals surface area contributed by atoms with Gasteiger partial charge in [-0.15, -0.1) is 10.2 Å². The lowest BCUT2D eigenvalue weighted by atomic mass is 10.2. The molecule has 1 saturated carbocycles. The van der Waals surface area contributed by atoms with E-state index in [4.69, 9.17) is 10.2 Å². The number of hydrogen-bond donors (Lipinski definition) is 1. The van der Waals surface area contributed by atoms with Gasteiger partial charge in [-0.2, -0.15) is 0 Å². The third kappa shape index (κ3) is 2.06. The zero-order valence-corrected chi connectivity index (χ0v) is 7.86. The van der Waals surface area contributed by atoms with E-state index < -0.39 is 0 Å². The van der Waals surface area contributed by atoms with E-state index >= 15 is 0 Å². The van der Waals surface area contributed by atoms with Gasteiger partial charge in [-0.05, 0) is 25.2 Å². The molecule has 1 aromatic rings. The molecule has 1 atom stereocenters. The molecule has 1 aliphatic carbocycles. The molecule has 0 aliphatic heterocycles. The Balaban J connectivity index is 1.99. The van der Waals surface area contributed by atoms with Crippen LogP contribution in [-0.2, 0) is 6.42 Å². The van der Waals surface area contributed by atoms with Gasteiger partial charge in [0.1, 0.15) is 0 Å². The second-order valence-electron chi connectivity index (χ2n) is 3.70. The molecule has 1 fully saturated rings. The molecule has 1 heterocycles. The number of nitrogens with two attached hydrogens (primary N) is 1. The summed E-state index contributed by atoms with van der Waals surface area (Å²) in [7, 11) is 0. The van der Waals surface area contributed by atoms with Crippen LogP contribution in [0.5, 0.6) is 0 Å². The molecule has 0 amide bonds. The lowest BCUT2D eigenvalue weighted by Gasteiger charge is -1.99. The molecule has 2 rings (SSSR count). The normalized spacial score (nSPS) is 18.9. The van der Waals surface area contributed by atoms with Gasteiger partial charge in [0.2, 0.25) is 11.8 Å². The van der Waals surface area contributed by atoms with Gasteiger partial charge < -0.3 is 10.2 Å². The van der Waals surface area contributed by atoms with Crippen LogP contribution in [0.3, 0.4) is 0 Å². The van der Waals surface area contributed by atoms with Gasteiger partial charge in [-0.25, -0.2) is 0 Å². The van der Waals surface area contributed by atoms with Gasteiger partial charge in [0.05, 0.1) is 6.04 Å². The Hall–Kier alpha value is -0.900. The molecular weight excluding hydrogens is 166 g/mol. The third-order valence-corrected chi connectivity index (χ3v) is 2.40. The van der Waals surface area contributed by atoms with Crippen LogP contribution in [0.15, 0.2) is 4.42 Å². The van der Waals surface area contributed by atoms with Crippen molar-refractivity contribution in [3.8, 4) is 0 Å². The Bertz CT molecular complexity index is 280. The van der Waals surface area contributed by atoms with E-state index in [0.717, 1.165) is 24.7 Å². The topological polar surface area (TPSA) is 64.9 Å². The Morgan fingerprint density at radius 3 is 2.92 bits per heavy atom. The van der Waals surface area contributed by atoms with Gasteiger partial charge in [0.15, 0.2) is 0 Å². The Morgan fingerprint density at radius 1 is 1.54 bits per heavy atom. The molecule has 1 unspecified atom stereocenters. The maximum atomic E-state index is 5.76. The molecule has 0 bridgehead atoms. The number of nitrogens with zero attached hydrogens (tertiary/aromatic N) is 2. The first-order valence-corrected chi connectivity index (χ1v) is 4.87. The van der Waals surface area contributed by atoms with Crippen LogP contribution in [0.1, 0.15) is 44.0 Å². The van der Waals surface area contributed by atoms with Gasteiger partial charge in [0.25, 0.3) is 0 Å². The summed E-state index contributed by atoms with van der Waals surface area (Å²) in [6.07, 6.45) is 4.38. The SMILES string of the molecule is CCC(N)c1nnc(CC2CC2)o1. The van der Waals surface area contributed by atoms with Gasteiger partial charge in [-0.1, -0.05) is 6.92 Å². The van der Waals surface area contributed by atoms with Crippen LogP contribution in [0.2, 0.25) is 0 Å². The minimum atomic E-state index is -0.0968. The monoisotopic (exact) mass is 181 g/mol. The van der Waals surface area contributed by atoms with Crippen molar-refractivity contribution in [2.24, 2.45) is 11.7 Å². The van der Waals surface area contributed by atoms with Crippen LogP contribution in [0.4, 0.5) is 0 Å². The zero-order valence-electron chi connectivity index (χ0n) is 7.86. The summed E-state index contributed by atoms with van der Waals surface area (Å²) in [6, 6.07) is -0.0968. The van der Waals surface area contributed by atoms with Crippen molar-refractivity contribution in [3.05, 3.63) is 11.8 Å². The lowest BCUT2D eigenvalue weighted by Crippen LogP contribution is -2.08. The minimum Gasteiger partial charge on any atom is -0.424 e. The van der Waals surface area contributed by atoms with Crippen molar-refractivity contribution in [1.29, 1.82) is 0 Å². The van der Waals surface area contributed by atoms with Crippen molar-refractivity contribution >= 4 is 0 Å². The molecule has 2 N–H and O–H groups in total. The predicted octanol–water partition coefficient (Wildman–Crippen LogP) is 1.43. The average molecular weight is 181 g/mol. The van der Waals surface area contributed by atoms with Crippen molar-refractivity contribution in [2.45, 2.75) is 38.6 Å². The first kappa shape index (κ1) is 8.69. The second-order valence-corrected chi connectivity index (χ2v) is 3.70. The fourth-order valence-electron chi connectivity index (χ4n) is 1.24. The van der Waals surface area contributed by atoms with Crippen molar-refractivity contribution < 1.29 is 4.42 Å². The summed E-state index contributed by atoms with van der Waals surface area (Å²) in [5, 5.41) is 7.89. The Morgan fingerprint density at radius 2 is 2.31 bits per heavy atom. The number of rotatable bonds is 4. The van der Waals surface area contributed by atoms with E-state index in [1.165, 1.54) is 12.8 Å². The summed E-state index contributed by atoms with van der Waals surface area (Å²) in [6.45, 7) is 2.01. The quantitative estimate of drug-likeness (QED) is 0.763. The van der Waals surface area contributed by atoms with Crippen LogP contribution in [0, 0.1) is 5.92 Å². The number of hydrogen-bond acceptors (Lipinski definition) is 4. The fraction of sp³-hybridized carbons (Fsp3) is 0.778. The first-order valence-electron chi connectivity index (χ1n) is 4.87. The fourth-order valence-corrected chi connectivity index (χ4v) is 1.24. The lowest BCUT2D eigenvalue weighted by molar-refractivity contribution is 0.407. The van der Waals surface area contributed by atoms with E-state index in [2.05, 4.69) is 10.2 Å². The van der Waals surface area contributed by atoms with E-state index in [0.29, 0.717) is 5.89 Å². The largest absolute Gasteiger partial charge is 0.424 e. The van der Waals surface area contributed by atoms with E-state index in [9.17, 15) is 0 Å². The highest BCUT2D eigenvalue weighted by molar-refractivity contribution is 4.91. The van der Waals surface area contributed by atoms with Crippen LogP contribution in [-0.4, -0.2) is 10.2 Å². The molecule has 4 nitrogen and oxygen atoms in total. The molecule has 13 heavy (non-hydrogen) atoms. The molecule has 0 saturated heterocycles. The van der Waals surface area contributed by atoms with Crippen molar-refractivity contribution in [1.82, 2.24) is 10.2 Å². The molecule has 0 aromatic carbocycles. The summed E-state index contributed by atoms with van der Waals surface area (Å²) < 4.78 is 5.44. The standard InChI is InChI=1S/C9H15N3O/c1-2-7(10)9-12-11-8(13-9)5-6-3-4-6/h6-7H,2-5,10H2,1H3. The smallest absolute Gasteiger partial charge is 0.233 e. The summed E-state index contributed by atoms with van der Waals surface area (Å²) in [5.74, 6) is 2.12. The predicted molar refractivity (Wildman–Crippen MR) is 47.9 cm³/mol. The maximum absolute atomic E-state index is 5.76. The molecule has 1 aliphatic rings. The van der Waals surface area contributed by atoms with E-state index in [-0.39, 0.29) is 6.04 Å². The number of aromatic nitrogens is 2. The molecule has 4 heteroatoms. The van der Waals surface area contributed by atoms with Gasteiger partial charge in [0, 0.05) is 6.42 Å². The van der Waals surface area contributed by atoms with Gasteiger partial charge >= 0.3 is 0 Å². The first-order chi connectivity index (χ1) is 6.29. The minimum absolute atomic E-state index is 0.0968. The highest BCUT2D eigenvalue weighted by atomic mass is 16.4. The van der Waals surface area contributed by atoms with Gasteiger partial charge in [-0.3, -0.25) is 0 Å². The summed E-state index contributed by atoms with van der Waals surface area (Å²) in [5.41, 5.74) is 5.76. The summed E-state index contributed by atoms with van der Waals surface area (Å²) >= 11 is 0. The van der Waals surface area contributed by atoms with Crippen LogP contribution in [0.25, 0.3) is 0 Å². The van der Waals surface area contributed by atoms with Crippen molar-refractivity contribution in [3.63, 3.8) is 0 Å². The Kier molecular flexibility index (Phi) is 2.31. The molecule has 72 valence electrons. The highest BCUT2D eigenvalue weighted by Crippen LogP contribution is 2.32. The van der Waals surface area contributed by atoms with Crippen molar-refractivity contribution in [2.75, 3.05) is 0 Å². The highest BCUT2D eigenvalue weighted by Gasteiger charge is 2.24. The van der Waals surface area contributed by atoms with E-state index in [1.807, 2.05) is 6.92 Å².